The van der Waals surface area contributed by atoms with Crippen molar-refractivity contribution >= 4 is 10.9 Å². The Balaban J connectivity index is 2.20. The van der Waals surface area contributed by atoms with Gasteiger partial charge >= 0.3 is 0 Å². The van der Waals surface area contributed by atoms with E-state index in [2.05, 4.69) is 35.9 Å². The van der Waals surface area contributed by atoms with Crippen LogP contribution in [0, 0.1) is 0 Å². The number of hydrogen-bond donors (Lipinski definition) is 1. The molecule has 0 radical (unpaired) electrons. The number of para-hydroxylation sites is 1. The summed E-state index contributed by atoms with van der Waals surface area (Å²) < 4.78 is 0. The number of nitrogens with zero attached hydrogens (tertiary/aromatic N) is 2. The lowest BCUT2D eigenvalue weighted by molar-refractivity contribution is 0.159. The second-order valence-electron chi connectivity index (χ2n) is 4.82. The van der Waals surface area contributed by atoms with Crippen molar-refractivity contribution in [1.82, 2.24) is 9.88 Å². The standard InChI is InChI=1S/C15H20N2O/c1-12(2)17(7-8-18)11-13-9-14-5-3-4-6-15(14)16-10-13/h3-6,9-10,12,18H,7-8,11H2,1-2H3. The van der Waals surface area contributed by atoms with E-state index < -0.39 is 0 Å². The molecule has 0 fully saturated rings. The van der Waals surface area contributed by atoms with E-state index in [0.29, 0.717) is 12.6 Å². The summed E-state index contributed by atoms with van der Waals surface area (Å²) in [4.78, 5) is 6.71. The van der Waals surface area contributed by atoms with Crippen molar-refractivity contribution in [2.75, 3.05) is 13.2 Å². The normalized spacial score (nSPS) is 11.6. The SMILES string of the molecule is CC(C)N(CCO)Cc1cnc2ccccc2c1. The lowest BCUT2D eigenvalue weighted by Crippen LogP contribution is -2.32. The predicted octanol–water partition coefficient (Wildman–Crippen LogP) is 2.44. The zero-order valence-corrected chi connectivity index (χ0v) is 11.0. The van der Waals surface area contributed by atoms with Crippen molar-refractivity contribution in [1.29, 1.82) is 0 Å². The molecule has 2 aromatic rings. The number of aliphatic hydroxyl groups is 1. The average Bonchev–Trinajstić information content (AvgIpc) is 2.38. The molecule has 0 saturated heterocycles. The summed E-state index contributed by atoms with van der Waals surface area (Å²) in [7, 11) is 0. The predicted molar refractivity (Wildman–Crippen MR) is 74.4 cm³/mol. The zero-order chi connectivity index (χ0) is 13.0. The van der Waals surface area contributed by atoms with Gasteiger partial charge in [-0.3, -0.25) is 9.88 Å². The minimum Gasteiger partial charge on any atom is -0.395 e. The van der Waals surface area contributed by atoms with E-state index in [1.165, 1.54) is 10.9 Å². The number of fused-ring (bicyclic) bond motifs is 1. The quantitative estimate of drug-likeness (QED) is 0.877. The van der Waals surface area contributed by atoms with E-state index in [9.17, 15) is 0 Å². The molecule has 0 saturated carbocycles. The molecule has 1 aromatic heterocycles. The molecule has 0 aliphatic carbocycles. The van der Waals surface area contributed by atoms with E-state index in [1.807, 2.05) is 24.4 Å². The summed E-state index contributed by atoms with van der Waals surface area (Å²) in [5.74, 6) is 0. The summed E-state index contributed by atoms with van der Waals surface area (Å²) in [6.07, 6.45) is 1.93. The molecule has 96 valence electrons. The highest BCUT2D eigenvalue weighted by atomic mass is 16.3. The van der Waals surface area contributed by atoms with Crippen molar-refractivity contribution < 1.29 is 5.11 Å². The fourth-order valence-corrected chi connectivity index (χ4v) is 2.09. The highest BCUT2D eigenvalue weighted by Crippen LogP contribution is 2.14. The Kier molecular flexibility index (Phi) is 4.28. The lowest BCUT2D eigenvalue weighted by atomic mass is 10.1. The van der Waals surface area contributed by atoms with Crippen molar-refractivity contribution in [3.8, 4) is 0 Å². The van der Waals surface area contributed by atoms with Crippen molar-refractivity contribution in [2.45, 2.75) is 26.4 Å². The first kappa shape index (κ1) is 13.0. The molecule has 1 heterocycles. The Labute approximate surface area is 108 Å². The van der Waals surface area contributed by atoms with E-state index in [0.717, 1.165) is 12.1 Å². The minimum atomic E-state index is 0.194. The minimum absolute atomic E-state index is 0.194. The molecule has 3 nitrogen and oxygen atoms in total. The summed E-state index contributed by atoms with van der Waals surface area (Å²) in [5.41, 5.74) is 2.22. The summed E-state index contributed by atoms with van der Waals surface area (Å²) >= 11 is 0. The molecule has 0 atom stereocenters. The van der Waals surface area contributed by atoms with Crippen LogP contribution in [0.25, 0.3) is 10.9 Å². The van der Waals surface area contributed by atoms with E-state index in [1.54, 1.807) is 0 Å². The summed E-state index contributed by atoms with van der Waals surface area (Å²) in [6.45, 7) is 6.01. The van der Waals surface area contributed by atoms with Gasteiger partial charge in [-0.1, -0.05) is 18.2 Å². The maximum atomic E-state index is 9.08. The monoisotopic (exact) mass is 244 g/mol. The maximum Gasteiger partial charge on any atom is 0.0702 e. The highest BCUT2D eigenvalue weighted by molar-refractivity contribution is 5.78. The molecule has 0 bridgehead atoms. The van der Waals surface area contributed by atoms with Crippen LogP contribution in [0.2, 0.25) is 0 Å². The van der Waals surface area contributed by atoms with Gasteiger partial charge in [-0.25, -0.2) is 0 Å². The van der Waals surface area contributed by atoms with Crippen LogP contribution >= 0.6 is 0 Å². The number of hydrogen-bond acceptors (Lipinski definition) is 3. The van der Waals surface area contributed by atoms with E-state index >= 15 is 0 Å². The van der Waals surface area contributed by atoms with Crippen LogP contribution in [0.3, 0.4) is 0 Å². The zero-order valence-electron chi connectivity index (χ0n) is 11.0. The van der Waals surface area contributed by atoms with Gasteiger partial charge in [0.25, 0.3) is 0 Å². The number of rotatable bonds is 5. The van der Waals surface area contributed by atoms with Crippen LogP contribution < -0.4 is 0 Å². The Hall–Kier alpha value is -1.45. The van der Waals surface area contributed by atoms with Gasteiger partial charge in [-0.15, -0.1) is 0 Å². The molecular formula is C15H20N2O. The van der Waals surface area contributed by atoms with Gasteiger partial charge in [0.05, 0.1) is 12.1 Å². The van der Waals surface area contributed by atoms with Gasteiger partial charge in [0.2, 0.25) is 0 Å². The molecule has 0 amide bonds. The topological polar surface area (TPSA) is 36.4 Å². The largest absolute Gasteiger partial charge is 0.395 e. The fraction of sp³-hybridized carbons (Fsp3) is 0.400. The molecule has 2 rings (SSSR count). The van der Waals surface area contributed by atoms with Crippen LogP contribution in [-0.2, 0) is 6.54 Å². The summed E-state index contributed by atoms with van der Waals surface area (Å²) in [6, 6.07) is 10.7. The maximum absolute atomic E-state index is 9.08. The van der Waals surface area contributed by atoms with Crippen LogP contribution in [0.5, 0.6) is 0 Å². The van der Waals surface area contributed by atoms with Crippen molar-refractivity contribution in [3.63, 3.8) is 0 Å². The molecule has 1 N–H and O–H groups in total. The number of pyridine rings is 1. The smallest absolute Gasteiger partial charge is 0.0702 e. The lowest BCUT2D eigenvalue weighted by Gasteiger charge is -2.25. The third kappa shape index (κ3) is 3.06. The third-order valence-corrected chi connectivity index (χ3v) is 3.15. The Morgan fingerprint density at radius 1 is 1.28 bits per heavy atom. The van der Waals surface area contributed by atoms with Crippen LogP contribution in [0.4, 0.5) is 0 Å². The molecule has 0 aliphatic heterocycles. The van der Waals surface area contributed by atoms with Gasteiger partial charge in [0.15, 0.2) is 0 Å². The molecule has 0 aliphatic rings. The molecule has 3 heteroatoms. The second-order valence-corrected chi connectivity index (χ2v) is 4.82. The number of aliphatic hydroxyl groups excluding tert-OH is 1. The van der Waals surface area contributed by atoms with Gasteiger partial charge in [0.1, 0.15) is 0 Å². The van der Waals surface area contributed by atoms with Gasteiger partial charge in [0, 0.05) is 30.7 Å². The van der Waals surface area contributed by atoms with Gasteiger partial charge in [-0.05, 0) is 31.5 Å². The Morgan fingerprint density at radius 2 is 2.06 bits per heavy atom. The highest BCUT2D eigenvalue weighted by Gasteiger charge is 2.09. The van der Waals surface area contributed by atoms with Crippen LogP contribution in [0.15, 0.2) is 36.5 Å². The number of benzene rings is 1. The van der Waals surface area contributed by atoms with Crippen molar-refractivity contribution in [2.24, 2.45) is 0 Å². The van der Waals surface area contributed by atoms with Crippen LogP contribution in [0.1, 0.15) is 19.4 Å². The molecule has 0 unspecified atom stereocenters. The van der Waals surface area contributed by atoms with Gasteiger partial charge in [-0.2, -0.15) is 0 Å². The Bertz CT molecular complexity index is 511. The first-order chi connectivity index (χ1) is 8.70. The molecule has 1 aromatic carbocycles. The Morgan fingerprint density at radius 3 is 2.78 bits per heavy atom. The first-order valence-corrected chi connectivity index (χ1v) is 6.39. The molecular weight excluding hydrogens is 224 g/mol. The average molecular weight is 244 g/mol. The molecule has 18 heavy (non-hydrogen) atoms. The number of aromatic nitrogens is 1. The van der Waals surface area contributed by atoms with E-state index in [4.69, 9.17) is 5.11 Å². The van der Waals surface area contributed by atoms with Gasteiger partial charge < -0.3 is 5.11 Å². The van der Waals surface area contributed by atoms with E-state index in [-0.39, 0.29) is 6.61 Å². The van der Waals surface area contributed by atoms with Crippen molar-refractivity contribution in [3.05, 3.63) is 42.1 Å². The summed E-state index contributed by atoms with van der Waals surface area (Å²) in [5, 5.41) is 10.2. The fourth-order valence-electron chi connectivity index (χ4n) is 2.09. The van der Waals surface area contributed by atoms with Crippen LogP contribution in [-0.4, -0.2) is 34.2 Å². The second kappa shape index (κ2) is 5.94. The third-order valence-electron chi connectivity index (χ3n) is 3.15. The first-order valence-electron chi connectivity index (χ1n) is 6.39. The molecule has 0 spiro atoms.